The summed E-state index contributed by atoms with van der Waals surface area (Å²) in [6, 6.07) is 9.55. The van der Waals surface area contributed by atoms with Gasteiger partial charge in [0.2, 0.25) is 0 Å². The average Bonchev–Trinajstić information content (AvgIpc) is 3.01. The molecule has 0 N–H and O–H groups in total. The fourth-order valence-electron chi connectivity index (χ4n) is 2.61. The third kappa shape index (κ3) is 3.55. The third-order valence-corrected chi connectivity index (χ3v) is 3.86. The van der Waals surface area contributed by atoms with Crippen LogP contribution in [0.2, 0.25) is 0 Å². The number of amidine groups is 1. The Morgan fingerprint density at radius 3 is 2.50 bits per heavy atom. The van der Waals surface area contributed by atoms with Gasteiger partial charge in [0.15, 0.2) is 5.79 Å². The zero-order chi connectivity index (χ0) is 15.3. The molecule has 2 fully saturated rings. The molecule has 0 aliphatic carbocycles. The maximum absolute atomic E-state index is 10.5. The van der Waals surface area contributed by atoms with E-state index in [0.717, 1.165) is 12.8 Å². The highest BCUT2D eigenvalue weighted by Gasteiger charge is 2.40. The first kappa shape index (κ1) is 15.2. The van der Waals surface area contributed by atoms with Crippen LogP contribution >= 0.6 is 8.69 Å². The van der Waals surface area contributed by atoms with Crippen molar-refractivity contribution in [3.8, 4) is 5.75 Å². The van der Waals surface area contributed by atoms with Gasteiger partial charge in [0.1, 0.15) is 5.75 Å². The first-order chi connectivity index (χ1) is 10.8. The van der Waals surface area contributed by atoms with Crippen LogP contribution in [0, 0.1) is 0 Å². The quantitative estimate of drug-likeness (QED) is 0.368. The van der Waals surface area contributed by atoms with Crippen LogP contribution in [0.4, 0.5) is 0 Å². The largest absolute Gasteiger partial charge is 0.424 e. The molecule has 2 saturated heterocycles. The average molecular weight is 324 g/mol. The van der Waals surface area contributed by atoms with Gasteiger partial charge in [-0.25, -0.2) is 4.57 Å². The first-order valence-corrected chi connectivity index (χ1v) is 7.87. The second-order valence-corrected chi connectivity index (χ2v) is 5.35. The lowest BCUT2D eigenvalue weighted by atomic mass is 10.0. The molecule has 1 aromatic rings. The zero-order valence-corrected chi connectivity index (χ0v) is 12.9. The molecule has 2 aliphatic heterocycles. The molecule has 0 saturated carbocycles. The molecule has 0 unspecified atom stereocenters. The molecule has 22 heavy (non-hydrogen) atoms. The van der Waals surface area contributed by atoms with Crippen molar-refractivity contribution in [2.24, 2.45) is 5.16 Å². The second kappa shape index (κ2) is 7.05. The highest BCUT2D eigenvalue weighted by Crippen LogP contribution is 2.31. The number of nitrogens with zero attached hydrogens (tertiary/aromatic N) is 2. The Balaban J connectivity index is 1.66. The normalized spacial score (nSPS) is 21.3. The molecule has 3 rings (SSSR count). The smallest absolute Gasteiger partial charge is 0.419 e. The Kier molecular flexibility index (Phi) is 4.87. The first-order valence-electron chi connectivity index (χ1n) is 7.14. The second-order valence-electron chi connectivity index (χ2n) is 5.04. The minimum absolute atomic E-state index is 0.280. The van der Waals surface area contributed by atoms with Crippen LogP contribution in [0.5, 0.6) is 5.75 Å². The number of piperidine rings is 1. The van der Waals surface area contributed by atoms with E-state index in [1.807, 2.05) is 35.2 Å². The van der Waals surface area contributed by atoms with Crippen molar-refractivity contribution in [1.82, 2.24) is 4.90 Å². The van der Waals surface area contributed by atoms with E-state index in [1.54, 1.807) is 0 Å². The van der Waals surface area contributed by atoms with E-state index in [0.29, 0.717) is 32.1 Å². The molecule has 1 aromatic carbocycles. The van der Waals surface area contributed by atoms with E-state index < -0.39 is 14.5 Å². The SMILES string of the molecule is O=PO/N=C(/Oc1ccccc1)N1CCC2(CC1)OCCO2. The third-order valence-electron chi connectivity index (χ3n) is 3.71. The number of hydrogen-bond acceptors (Lipinski definition) is 6. The van der Waals surface area contributed by atoms with E-state index in [4.69, 9.17) is 14.2 Å². The van der Waals surface area contributed by atoms with Gasteiger partial charge in [-0.2, -0.15) is 0 Å². The molecule has 8 heteroatoms. The van der Waals surface area contributed by atoms with E-state index in [1.165, 1.54) is 0 Å². The molecule has 0 amide bonds. The fraction of sp³-hybridized carbons (Fsp3) is 0.500. The maximum atomic E-state index is 10.5. The number of para-hydroxylation sites is 1. The van der Waals surface area contributed by atoms with Crippen molar-refractivity contribution >= 4 is 14.7 Å². The Morgan fingerprint density at radius 1 is 1.18 bits per heavy atom. The van der Waals surface area contributed by atoms with Gasteiger partial charge >= 0.3 is 14.7 Å². The Labute approximate surface area is 130 Å². The molecule has 2 aliphatic rings. The standard InChI is InChI=1S/C14H17N2O5P/c17-22-21-15-13(20-12-4-2-1-3-5-12)16-8-6-14(7-9-16)18-10-11-19-14/h1-5H,6-11H2/b15-13+. The summed E-state index contributed by atoms with van der Waals surface area (Å²) < 4.78 is 32.2. The lowest BCUT2D eigenvalue weighted by Crippen LogP contribution is -2.48. The van der Waals surface area contributed by atoms with Crippen molar-refractivity contribution in [2.45, 2.75) is 18.6 Å². The van der Waals surface area contributed by atoms with Gasteiger partial charge in [-0.15, -0.1) is 0 Å². The topological polar surface area (TPSA) is 69.6 Å². The highest BCUT2D eigenvalue weighted by molar-refractivity contribution is 7.17. The summed E-state index contributed by atoms with van der Waals surface area (Å²) in [6.07, 6.45) is 1.44. The van der Waals surface area contributed by atoms with Gasteiger partial charge in [-0.05, 0) is 17.3 Å². The van der Waals surface area contributed by atoms with Gasteiger partial charge in [0, 0.05) is 25.9 Å². The summed E-state index contributed by atoms with van der Waals surface area (Å²) in [6.45, 7) is 2.59. The number of benzene rings is 1. The molecular weight excluding hydrogens is 307 g/mol. The zero-order valence-electron chi connectivity index (χ0n) is 12.0. The molecule has 2 heterocycles. The fourth-order valence-corrected chi connectivity index (χ4v) is 2.71. The Bertz CT molecular complexity index is 523. The van der Waals surface area contributed by atoms with Gasteiger partial charge in [-0.3, -0.25) is 4.62 Å². The lowest BCUT2D eigenvalue weighted by molar-refractivity contribution is -0.181. The summed E-state index contributed by atoms with van der Waals surface area (Å²) in [4.78, 5) is 1.93. The van der Waals surface area contributed by atoms with Crippen LogP contribution in [0.15, 0.2) is 35.5 Å². The van der Waals surface area contributed by atoms with Gasteiger partial charge in [-0.1, -0.05) is 18.2 Å². The van der Waals surface area contributed by atoms with Crippen LogP contribution < -0.4 is 4.74 Å². The minimum atomic E-state index is -0.520. The van der Waals surface area contributed by atoms with E-state index >= 15 is 0 Å². The van der Waals surface area contributed by atoms with Crippen LogP contribution in [0.1, 0.15) is 12.8 Å². The predicted molar refractivity (Wildman–Crippen MR) is 78.6 cm³/mol. The van der Waals surface area contributed by atoms with Crippen LogP contribution in [0.25, 0.3) is 0 Å². The Hall–Kier alpha value is -1.69. The van der Waals surface area contributed by atoms with Crippen LogP contribution in [-0.4, -0.2) is 43.0 Å². The van der Waals surface area contributed by atoms with Crippen LogP contribution in [-0.2, 0) is 18.7 Å². The minimum Gasteiger partial charge on any atom is -0.424 e. The number of rotatable bonds is 3. The summed E-state index contributed by atoms with van der Waals surface area (Å²) in [5.74, 6) is 0.174. The highest BCUT2D eigenvalue weighted by atomic mass is 31.1. The van der Waals surface area contributed by atoms with Crippen molar-refractivity contribution < 1.29 is 23.4 Å². The summed E-state index contributed by atoms with van der Waals surface area (Å²) >= 11 is 0. The molecule has 0 radical (unpaired) electrons. The summed E-state index contributed by atoms with van der Waals surface area (Å²) in [5, 5.41) is 3.79. The summed E-state index contributed by atoms with van der Waals surface area (Å²) in [7, 11) is -0.520. The molecular formula is C14H17N2O5P. The van der Waals surface area contributed by atoms with E-state index in [-0.39, 0.29) is 6.02 Å². The van der Waals surface area contributed by atoms with Crippen molar-refractivity contribution in [3.05, 3.63) is 30.3 Å². The van der Waals surface area contributed by atoms with Crippen molar-refractivity contribution in [1.29, 1.82) is 0 Å². The van der Waals surface area contributed by atoms with E-state index in [9.17, 15) is 4.57 Å². The van der Waals surface area contributed by atoms with Crippen molar-refractivity contribution in [2.75, 3.05) is 26.3 Å². The van der Waals surface area contributed by atoms with Crippen LogP contribution in [0.3, 0.4) is 0 Å². The molecule has 0 bridgehead atoms. The number of likely N-dealkylation sites (tertiary alicyclic amines) is 1. The van der Waals surface area contributed by atoms with Gasteiger partial charge in [0.05, 0.1) is 13.2 Å². The molecule has 7 nitrogen and oxygen atoms in total. The monoisotopic (exact) mass is 324 g/mol. The number of ether oxygens (including phenoxy) is 3. The molecule has 0 atom stereocenters. The Morgan fingerprint density at radius 2 is 1.86 bits per heavy atom. The van der Waals surface area contributed by atoms with Crippen molar-refractivity contribution in [3.63, 3.8) is 0 Å². The molecule has 0 aromatic heterocycles. The van der Waals surface area contributed by atoms with Gasteiger partial charge < -0.3 is 19.1 Å². The number of hydrogen-bond donors (Lipinski definition) is 0. The number of oxime groups is 1. The predicted octanol–water partition coefficient (Wildman–Crippen LogP) is 2.40. The lowest BCUT2D eigenvalue weighted by Gasteiger charge is -2.37. The van der Waals surface area contributed by atoms with E-state index in [2.05, 4.69) is 9.78 Å². The summed E-state index contributed by atoms with van der Waals surface area (Å²) in [5.41, 5.74) is 0. The molecule has 118 valence electrons. The maximum Gasteiger partial charge on any atom is 0.419 e. The molecule has 1 spiro atoms. The van der Waals surface area contributed by atoms with Gasteiger partial charge in [0.25, 0.3) is 0 Å².